The number of benzene rings is 2. The van der Waals surface area contributed by atoms with Crippen molar-refractivity contribution < 1.29 is 33.0 Å². The van der Waals surface area contributed by atoms with Gasteiger partial charge in [0.25, 0.3) is 5.91 Å². The van der Waals surface area contributed by atoms with E-state index in [0.717, 1.165) is 5.56 Å². The van der Waals surface area contributed by atoms with E-state index in [1.54, 1.807) is 18.2 Å². The van der Waals surface area contributed by atoms with E-state index in [-0.39, 0.29) is 24.5 Å². The Morgan fingerprint density at radius 1 is 1.28 bits per heavy atom. The Morgan fingerprint density at radius 2 is 2.03 bits per heavy atom. The molecule has 0 aromatic heterocycles. The summed E-state index contributed by atoms with van der Waals surface area (Å²) < 4.78 is 36.3. The summed E-state index contributed by atoms with van der Waals surface area (Å²) >= 11 is 3.54. The number of carbonyl (C=O) groups excluding carboxylic acids is 1. The van der Waals surface area contributed by atoms with Gasteiger partial charge in [0.1, 0.15) is 17.6 Å². The zero-order chi connectivity index (χ0) is 22.7. The SMILES string of the molecule is COc1c(CC2CC(C(=O)NN=Cc3ccccc3F)=NO2)c(Br)c2c(c1OC)OCO2. The van der Waals surface area contributed by atoms with Crippen LogP contribution in [0.15, 0.2) is 39.0 Å². The minimum Gasteiger partial charge on any atom is -0.492 e. The van der Waals surface area contributed by atoms with E-state index >= 15 is 0 Å². The quantitative estimate of drug-likeness (QED) is 0.456. The monoisotopic (exact) mass is 507 g/mol. The lowest BCUT2D eigenvalue weighted by molar-refractivity contribution is -0.114. The van der Waals surface area contributed by atoms with E-state index in [1.807, 2.05) is 0 Å². The minimum absolute atomic E-state index is 0.0671. The first-order valence-corrected chi connectivity index (χ1v) is 10.3. The van der Waals surface area contributed by atoms with E-state index in [9.17, 15) is 9.18 Å². The lowest BCUT2D eigenvalue weighted by Gasteiger charge is -2.18. The number of amides is 1. The molecule has 2 aromatic carbocycles. The van der Waals surface area contributed by atoms with Gasteiger partial charge in [0, 0.05) is 24.0 Å². The molecule has 2 aliphatic rings. The summed E-state index contributed by atoms with van der Waals surface area (Å²) in [4.78, 5) is 17.8. The number of carbonyl (C=O) groups is 1. The molecule has 168 valence electrons. The fourth-order valence-electron chi connectivity index (χ4n) is 3.37. The van der Waals surface area contributed by atoms with Crippen molar-refractivity contribution in [1.29, 1.82) is 0 Å². The second kappa shape index (κ2) is 9.43. The van der Waals surface area contributed by atoms with Crippen LogP contribution in [0.3, 0.4) is 0 Å². The molecule has 0 saturated heterocycles. The molecule has 0 saturated carbocycles. The predicted molar refractivity (Wildman–Crippen MR) is 116 cm³/mol. The maximum atomic E-state index is 13.6. The van der Waals surface area contributed by atoms with Crippen LogP contribution in [0, 0.1) is 5.82 Å². The molecular weight excluding hydrogens is 489 g/mol. The molecule has 2 aliphatic heterocycles. The molecule has 0 aliphatic carbocycles. The zero-order valence-corrected chi connectivity index (χ0v) is 18.8. The van der Waals surface area contributed by atoms with Crippen LogP contribution >= 0.6 is 15.9 Å². The molecule has 2 aromatic rings. The summed E-state index contributed by atoms with van der Waals surface area (Å²) in [5.41, 5.74) is 3.49. The van der Waals surface area contributed by atoms with E-state index < -0.39 is 17.8 Å². The average Bonchev–Trinajstić information content (AvgIpc) is 3.47. The summed E-state index contributed by atoms with van der Waals surface area (Å²) in [5, 5.41) is 7.65. The smallest absolute Gasteiger partial charge is 0.289 e. The fraction of sp³-hybridized carbons (Fsp3) is 0.286. The Kier molecular flexibility index (Phi) is 6.45. The van der Waals surface area contributed by atoms with Gasteiger partial charge in [0.05, 0.1) is 24.9 Å². The molecule has 11 heteroatoms. The second-order valence-corrected chi connectivity index (χ2v) is 7.61. The number of rotatable bonds is 7. The third-order valence-electron chi connectivity index (χ3n) is 4.87. The van der Waals surface area contributed by atoms with Crippen LogP contribution in [-0.4, -0.2) is 44.9 Å². The molecule has 0 bridgehead atoms. The van der Waals surface area contributed by atoms with Gasteiger partial charge in [-0.05, 0) is 22.0 Å². The molecule has 9 nitrogen and oxygen atoms in total. The Balaban J connectivity index is 1.43. The highest BCUT2D eigenvalue weighted by Gasteiger charge is 2.34. The highest BCUT2D eigenvalue weighted by atomic mass is 79.9. The van der Waals surface area contributed by atoms with Gasteiger partial charge in [-0.15, -0.1) is 0 Å². The Labute approximate surface area is 191 Å². The highest BCUT2D eigenvalue weighted by Crippen LogP contribution is 2.54. The molecule has 0 fully saturated rings. The van der Waals surface area contributed by atoms with E-state index in [2.05, 4.69) is 31.6 Å². The van der Waals surface area contributed by atoms with Crippen LogP contribution in [-0.2, 0) is 16.1 Å². The average molecular weight is 508 g/mol. The van der Waals surface area contributed by atoms with Crippen molar-refractivity contribution in [3.63, 3.8) is 0 Å². The van der Waals surface area contributed by atoms with Gasteiger partial charge in [0.2, 0.25) is 18.3 Å². The van der Waals surface area contributed by atoms with E-state index in [1.165, 1.54) is 26.5 Å². The standard InChI is InChI=1S/C21H19BrFN3O6/c1-28-17-13(16(22)18-20(19(17)29-2)31-10-30-18)7-12-8-15(26-32-12)21(27)25-24-9-11-5-3-4-6-14(11)23/h3-6,9,12H,7-8,10H2,1-2H3,(H,25,27). The largest absolute Gasteiger partial charge is 0.492 e. The van der Waals surface area contributed by atoms with Crippen LogP contribution in [0.2, 0.25) is 0 Å². The molecule has 1 atom stereocenters. The van der Waals surface area contributed by atoms with Crippen LogP contribution in [0.5, 0.6) is 23.0 Å². The summed E-state index contributed by atoms with van der Waals surface area (Å²) in [7, 11) is 3.03. The van der Waals surface area contributed by atoms with Crippen LogP contribution in [0.25, 0.3) is 0 Å². The Morgan fingerprint density at radius 3 is 2.78 bits per heavy atom. The number of nitrogens with zero attached hydrogens (tertiary/aromatic N) is 2. The third kappa shape index (κ3) is 4.20. The van der Waals surface area contributed by atoms with Gasteiger partial charge in [-0.25, -0.2) is 9.82 Å². The van der Waals surface area contributed by atoms with Crippen molar-refractivity contribution in [2.45, 2.75) is 18.9 Å². The van der Waals surface area contributed by atoms with Crippen molar-refractivity contribution in [2.24, 2.45) is 10.3 Å². The molecule has 2 heterocycles. The molecule has 0 spiro atoms. The topological polar surface area (TPSA) is 100.0 Å². The molecule has 32 heavy (non-hydrogen) atoms. The van der Waals surface area contributed by atoms with Crippen LogP contribution in [0.1, 0.15) is 17.5 Å². The molecular formula is C21H19BrFN3O6. The predicted octanol–water partition coefficient (Wildman–Crippen LogP) is 3.17. The number of hydrazone groups is 1. The second-order valence-electron chi connectivity index (χ2n) is 6.82. The Bertz CT molecular complexity index is 1110. The molecule has 1 amide bonds. The van der Waals surface area contributed by atoms with Crippen molar-refractivity contribution in [3.8, 4) is 23.0 Å². The van der Waals surface area contributed by atoms with Crippen LogP contribution in [0.4, 0.5) is 4.39 Å². The fourth-order valence-corrected chi connectivity index (χ4v) is 4.01. The molecule has 1 unspecified atom stereocenters. The highest BCUT2D eigenvalue weighted by molar-refractivity contribution is 9.10. The zero-order valence-electron chi connectivity index (χ0n) is 17.2. The number of halogens is 2. The first-order valence-electron chi connectivity index (χ1n) is 9.56. The van der Waals surface area contributed by atoms with Gasteiger partial charge in [-0.1, -0.05) is 23.4 Å². The summed E-state index contributed by atoms with van der Waals surface area (Å²) in [6.45, 7) is 0.0671. The van der Waals surface area contributed by atoms with Gasteiger partial charge in [-0.3, -0.25) is 4.79 Å². The molecule has 0 radical (unpaired) electrons. The van der Waals surface area contributed by atoms with Crippen molar-refractivity contribution in [1.82, 2.24) is 5.43 Å². The summed E-state index contributed by atoms with van der Waals surface area (Å²) in [6, 6.07) is 6.09. The van der Waals surface area contributed by atoms with Gasteiger partial charge >= 0.3 is 0 Å². The number of nitrogens with one attached hydrogen (secondary N) is 1. The molecule has 1 N–H and O–H groups in total. The lowest BCUT2D eigenvalue weighted by Crippen LogP contribution is -2.27. The van der Waals surface area contributed by atoms with Crippen molar-refractivity contribution >= 4 is 33.8 Å². The van der Waals surface area contributed by atoms with Gasteiger partial charge in [0.15, 0.2) is 11.5 Å². The first kappa shape index (κ1) is 21.9. The number of hydrogen-bond acceptors (Lipinski definition) is 8. The summed E-state index contributed by atoms with van der Waals surface area (Å²) in [5.74, 6) is 0.880. The summed E-state index contributed by atoms with van der Waals surface area (Å²) in [6.07, 6.45) is 1.40. The number of methoxy groups -OCH3 is 2. The van der Waals surface area contributed by atoms with Crippen molar-refractivity contribution in [2.75, 3.05) is 21.0 Å². The minimum atomic E-state index is -0.533. The number of hydrogen-bond donors (Lipinski definition) is 1. The lowest BCUT2D eigenvalue weighted by atomic mass is 10.0. The van der Waals surface area contributed by atoms with E-state index in [0.29, 0.717) is 33.9 Å². The maximum Gasteiger partial charge on any atom is 0.289 e. The van der Waals surface area contributed by atoms with Gasteiger partial charge in [-0.2, -0.15) is 5.10 Å². The van der Waals surface area contributed by atoms with Crippen molar-refractivity contribution in [3.05, 3.63) is 45.7 Å². The maximum absolute atomic E-state index is 13.6. The number of oxime groups is 1. The Hall–Kier alpha value is -3.34. The van der Waals surface area contributed by atoms with Gasteiger partial charge < -0.3 is 23.8 Å². The van der Waals surface area contributed by atoms with Crippen LogP contribution < -0.4 is 24.4 Å². The number of ether oxygens (including phenoxy) is 4. The first-order chi connectivity index (χ1) is 15.5. The normalized spacial score (nSPS) is 16.6. The van der Waals surface area contributed by atoms with E-state index in [4.69, 9.17) is 23.8 Å². The number of fused-ring (bicyclic) bond motifs is 1. The third-order valence-corrected chi connectivity index (χ3v) is 5.71. The molecule has 4 rings (SSSR count).